The highest BCUT2D eigenvalue weighted by molar-refractivity contribution is 6.21. The zero-order chi connectivity index (χ0) is 38.2. The van der Waals surface area contributed by atoms with Gasteiger partial charge in [0.1, 0.15) is 28.2 Å². The van der Waals surface area contributed by atoms with Gasteiger partial charge in [-0.25, -0.2) is 9.98 Å². The molecular formula is C53H33N3O2. The van der Waals surface area contributed by atoms with Gasteiger partial charge in [-0.15, -0.1) is 0 Å². The minimum absolute atomic E-state index is 0.444. The number of nitrogens with one attached hydrogen (secondary N) is 1. The molecule has 12 rings (SSSR count). The first-order chi connectivity index (χ1) is 28.7. The fraction of sp³-hybridized carbons (Fsp3) is 0.0189. The van der Waals surface area contributed by atoms with Crippen molar-refractivity contribution in [1.82, 2.24) is 5.32 Å². The fourth-order valence-corrected chi connectivity index (χ4v) is 8.79. The Labute approximate surface area is 333 Å². The van der Waals surface area contributed by atoms with Crippen LogP contribution in [-0.4, -0.2) is 11.7 Å². The molecule has 0 bridgehead atoms. The van der Waals surface area contributed by atoms with Crippen LogP contribution in [0.25, 0.3) is 87.7 Å². The highest BCUT2D eigenvalue weighted by Gasteiger charge is 2.26. The van der Waals surface area contributed by atoms with E-state index in [-0.39, 0.29) is 0 Å². The molecule has 1 aliphatic heterocycles. The van der Waals surface area contributed by atoms with Gasteiger partial charge in [0.15, 0.2) is 12.0 Å². The average Bonchev–Trinajstić information content (AvgIpc) is 3.87. The number of benzene rings is 9. The zero-order valence-electron chi connectivity index (χ0n) is 31.2. The van der Waals surface area contributed by atoms with Crippen LogP contribution < -0.4 is 5.32 Å². The van der Waals surface area contributed by atoms with Gasteiger partial charge in [0.2, 0.25) is 0 Å². The van der Waals surface area contributed by atoms with Crippen LogP contribution in [0, 0.1) is 0 Å². The van der Waals surface area contributed by atoms with Crippen LogP contribution >= 0.6 is 0 Å². The minimum atomic E-state index is -0.444. The first-order valence-corrected chi connectivity index (χ1v) is 19.6. The smallest absolute Gasteiger partial charge is 0.160 e. The molecule has 9 aromatic carbocycles. The largest absolute Gasteiger partial charge is 0.456 e. The Morgan fingerprint density at radius 3 is 1.93 bits per heavy atom. The lowest BCUT2D eigenvalue weighted by atomic mass is 9.89. The van der Waals surface area contributed by atoms with Gasteiger partial charge in [-0.2, -0.15) is 0 Å². The van der Waals surface area contributed by atoms with E-state index in [1.165, 1.54) is 10.8 Å². The van der Waals surface area contributed by atoms with Crippen molar-refractivity contribution in [2.45, 2.75) is 6.17 Å². The van der Waals surface area contributed by atoms with E-state index in [1.54, 1.807) is 0 Å². The number of fused-ring (bicyclic) bond motifs is 8. The average molecular weight is 744 g/mol. The summed E-state index contributed by atoms with van der Waals surface area (Å²) >= 11 is 0. The fourth-order valence-electron chi connectivity index (χ4n) is 8.79. The van der Waals surface area contributed by atoms with Gasteiger partial charge in [-0.1, -0.05) is 152 Å². The highest BCUT2D eigenvalue weighted by atomic mass is 16.3. The van der Waals surface area contributed by atoms with Crippen LogP contribution in [-0.2, 0) is 0 Å². The number of hydrogen-bond acceptors (Lipinski definition) is 5. The summed E-state index contributed by atoms with van der Waals surface area (Å²) in [5.41, 5.74) is 10.8. The van der Waals surface area contributed by atoms with E-state index in [0.29, 0.717) is 5.84 Å². The van der Waals surface area contributed by atoms with Gasteiger partial charge in [0.05, 0.1) is 0 Å². The van der Waals surface area contributed by atoms with Gasteiger partial charge in [0.25, 0.3) is 0 Å². The lowest BCUT2D eigenvalue weighted by Crippen LogP contribution is -2.33. The molecule has 5 heteroatoms. The number of hydrogen-bond donors (Lipinski definition) is 1. The third-order valence-corrected chi connectivity index (χ3v) is 11.5. The predicted molar refractivity (Wildman–Crippen MR) is 239 cm³/mol. The molecule has 0 saturated heterocycles. The van der Waals surface area contributed by atoms with E-state index < -0.39 is 6.17 Å². The van der Waals surface area contributed by atoms with E-state index >= 15 is 0 Å². The molecule has 0 spiro atoms. The Balaban J connectivity index is 1.07. The van der Waals surface area contributed by atoms with Crippen molar-refractivity contribution in [1.29, 1.82) is 0 Å². The summed E-state index contributed by atoms with van der Waals surface area (Å²) in [7, 11) is 0. The maximum Gasteiger partial charge on any atom is 0.160 e. The standard InChI is InChI=1S/C53H33N3O2/c1-2-14-33(15-3-1)51-54-52(56-53(55-51)44-22-12-21-41-40-19-8-10-23-46(40)58-50(41)44)42-28-27-39(37-17-6-7-18-38(37)42)45-30-36(35-26-25-32-13-4-5-16-34(32)29-35)31-48-49(45)43-20-9-11-24-47(43)57-48/h1-31,53H,(H,54,55,56). The second-order valence-electron chi connectivity index (χ2n) is 14.9. The van der Waals surface area contributed by atoms with Crippen LogP contribution in [0.4, 0.5) is 0 Å². The molecule has 0 radical (unpaired) electrons. The molecule has 58 heavy (non-hydrogen) atoms. The molecule has 0 amide bonds. The third kappa shape index (κ3) is 5.17. The highest BCUT2D eigenvalue weighted by Crippen LogP contribution is 2.43. The summed E-state index contributed by atoms with van der Waals surface area (Å²) in [5, 5.41) is 12.6. The molecule has 0 fully saturated rings. The summed E-state index contributed by atoms with van der Waals surface area (Å²) in [4.78, 5) is 10.6. The van der Waals surface area contributed by atoms with E-state index in [9.17, 15) is 0 Å². The second-order valence-corrected chi connectivity index (χ2v) is 14.9. The minimum Gasteiger partial charge on any atom is -0.456 e. The second kappa shape index (κ2) is 12.9. The molecule has 11 aromatic rings. The number of furan rings is 2. The van der Waals surface area contributed by atoms with Gasteiger partial charge >= 0.3 is 0 Å². The van der Waals surface area contributed by atoms with Crippen LogP contribution in [0.2, 0.25) is 0 Å². The van der Waals surface area contributed by atoms with Crippen molar-refractivity contribution in [3.05, 3.63) is 205 Å². The van der Waals surface area contributed by atoms with Crippen molar-refractivity contribution >= 4 is 77.1 Å². The lowest BCUT2D eigenvalue weighted by Gasteiger charge is -2.24. The zero-order valence-corrected chi connectivity index (χ0v) is 31.2. The van der Waals surface area contributed by atoms with Gasteiger partial charge in [-0.05, 0) is 80.2 Å². The molecular weight excluding hydrogens is 711 g/mol. The number of rotatable bonds is 5. The predicted octanol–water partition coefficient (Wildman–Crippen LogP) is 13.6. The van der Waals surface area contributed by atoms with Crippen LogP contribution in [0.1, 0.15) is 22.9 Å². The molecule has 3 heterocycles. The van der Waals surface area contributed by atoms with E-state index in [2.05, 4.69) is 151 Å². The molecule has 1 aliphatic rings. The first kappa shape index (κ1) is 32.5. The van der Waals surface area contributed by atoms with Crippen molar-refractivity contribution in [2.24, 2.45) is 9.98 Å². The molecule has 0 aliphatic carbocycles. The Morgan fingerprint density at radius 1 is 0.414 bits per heavy atom. The number of amidine groups is 2. The summed E-state index contributed by atoms with van der Waals surface area (Å²) in [6, 6.07) is 65.8. The maximum absolute atomic E-state index is 6.60. The van der Waals surface area contributed by atoms with Gasteiger partial charge < -0.3 is 14.2 Å². The molecule has 272 valence electrons. The van der Waals surface area contributed by atoms with E-state index in [1.807, 2.05) is 42.5 Å². The SMILES string of the molecule is c1ccc(C2=NC(c3ccc(-c4cc(-c5ccc6ccccc6c5)cc5oc6ccccc6c45)c4ccccc34)=NC(c3cccc4c3oc3ccccc34)N2)cc1. The van der Waals surface area contributed by atoms with Crippen molar-refractivity contribution in [3.63, 3.8) is 0 Å². The summed E-state index contributed by atoms with van der Waals surface area (Å²) in [6.07, 6.45) is -0.444. The number of aliphatic imine (C=N–C) groups is 2. The van der Waals surface area contributed by atoms with E-state index in [4.69, 9.17) is 18.8 Å². The van der Waals surface area contributed by atoms with Crippen molar-refractivity contribution < 1.29 is 8.83 Å². The Bertz CT molecular complexity index is 3500. The lowest BCUT2D eigenvalue weighted by molar-refractivity contribution is 0.628. The maximum atomic E-state index is 6.60. The van der Waals surface area contributed by atoms with Crippen molar-refractivity contribution in [3.8, 4) is 22.3 Å². The quantitative estimate of drug-likeness (QED) is 0.191. The van der Waals surface area contributed by atoms with Crippen molar-refractivity contribution in [2.75, 3.05) is 0 Å². The third-order valence-electron chi connectivity index (χ3n) is 11.5. The molecule has 1 unspecified atom stereocenters. The van der Waals surface area contributed by atoms with Gasteiger partial charge in [0, 0.05) is 38.2 Å². The summed E-state index contributed by atoms with van der Waals surface area (Å²) in [5.74, 6) is 1.41. The summed E-state index contributed by atoms with van der Waals surface area (Å²) in [6.45, 7) is 0. The number of para-hydroxylation sites is 3. The Morgan fingerprint density at radius 2 is 1.09 bits per heavy atom. The van der Waals surface area contributed by atoms with Crippen LogP contribution in [0.15, 0.2) is 207 Å². The normalized spacial score (nSPS) is 14.4. The number of nitrogens with zero attached hydrogens (tertiary/aromatic N) is 2. The molecule has 1 atom stereocenters. The van der Waals surface area contributed by atoms with Gasteiger partial charge in [-0.3, -0.25) is 0 Å². The summed E-state index contributed by atoms with van der Waals surface area (Å²) < 4.78 is 13.1. The molecule has 2 aromatic heterocycles. The Hall–Kier alpha value is -7.76. The molecule has 0 saturated carbocycles. The Kier molecular flexibility index (Phi) is 7.23. The molecule has 1 N–H and O–H groups in total. The first-order valence-electron chi connectivity index (χ1n) is 19.6. The monoisotopic (exact) mass is 743 g/mol. The molecule has 5 nitrogen and oxygen atoms in total. The van der Waals surface area contributed by atoms with Crippen LogP contribution in [0.5, 0.6) is 0 Å². The topological polar surface area (TPSA) is 63.0 Å². The van der Waals surface area contributed by atoms with E-state index in [0.717, 1.165) is 99.4 Å². The van der Waals surface area contributed by atoms with Crippen LogP contribution in [0.3, 0.4) is 0 Å².